The SMILES string of the molecule is CCN.Cl.Cl.Cl.Cl.c1ccc2ncccc2c1. The molecule has 0 unspecified atom stereocenters. The summed E-state index contributed by atoms with van der Waals surface area (Å²) in [6.45, 7) is 2.65. The lowest BCUT2D eigenvalue weighted by Crippen LogP contribution is -1.87. The number of nitrogens with zero attached hydrogens (tertiary/aromatic N) is 1. The summed E-state index contributed by atoms with van der Waals surface area (Å²) in [5, 5.41) is 1.20. The maximum Gasteiger partial charge on any atom is 0.0701 e. The Balaban J connectivity index is -0.000000111. The van der Waals surface area contributed by atoms with Crippen LogP contribution in [0.15, 0.2) is 42.6 Å². The Morgan fingerprint density at radius 3 is 1.94 bits per heavy atom. The van der Waals surface area contributed by atoms with E-state index in [9.17, 15) is 0 Å². The molecule has 6 heteroatoms. The van der Waals surface area contributed by atoms with Gasteiger partial charge in [0.05, 0.1) is 5.52 Å². The van der Waals surface area contributed by atoms with Crippen LogP contribution in [0, 0.1) is 0 Å². The second-order valence-electron chi connectivity index (χ2n) is 2.60. The fourth-order valence-electron chi connectivity index (χ4n) is 1.02. The van der Waals surface area contributed by atoms with Crippen LogP contribution in [0.1, 0.15) is 6.92 Å². The van der Waals surface area contributed by atoms with Crippen molar-refractivity contribution in [2.45, 2.75) is 6.92 Å². The van der Waals surface area contributed by atoms with Gasteiger partial charge in [-0.25, -0.2) is 0 Å². The van der Waals surface area contributed by atoms with E-state index in [-0.39, 0.29) is 49.6 Å². The number of halogens is 4. The Bertz CT molecular complexity index is 306. The summed E-state index contributed by atoms with van der Waals surface area (Å²) in [5.74, 6) is 0. The van der Waals surface area contributed by atoms with E-state index in [1.165, 1.54) is 5.39 Å². The first-order chi connectivity index (χ1) is 6.38. The van der Waals surface area contributed by atoms with E-state index in [0.717, 1.165) is 12.1 Å². The number of pyridine rings is 1. The summed E-state index contributed by atoms with van der Waals surface area (Å²) in [6, 6.07) is 12.1. The lowest BCUT2D eigenvalue weighted by Gasteiger charge is -1.91. The highest BCUT2D eigenvalue weighted by molar-refractivity contribution is 5.86. The van der Waals surface area contributed by atoms with Crippen molar-refractivity contribution < 1.29 is 0 Å². The number of benzene rings is 1. The molecule has 0 aliphatic heterocycles. The van der Waals surface area contributed by atoms with Gasteiger partial charge in [0, 0.05) is 11.6 Å². The molecule has 0 saturated heterocycles. The lowest BCUT2D eigenvalue weighted by atomic mass is 10.2. The van der Waals surface area contributed by atoms with Crippen molar-refractivity contribution in [3.05, 3.63) is 42.6 Å². The van der Waals surface area contributed by atoms with Crippen LogP contribution in [-0.4, -0.2) is 11.5 Å². The molecule has 0 bridgehead atoms. The molecule has 2 N–H and O–H groups in total. The van der Waals surface area contributed by atoms with Crippen LogP contribution in [0.2, 0.25) is 0 Å². The molecular formula is C11H18Cl4N2. The van der Waals surface area contributed by atoms with E-state index < -0.39 is 0 Å². The third kappa shape index (κ3) is 9.45. The summed E-state index contributed by atoms with van der Waals surface area (Å²) in [5.41, 5.74) is 5.91. The molecular weight excluding hydrogens is 302 g/mol. The molecule has 0 radical (unpaired) electrons. The van der Waals surface area contributed by atoms with Gasteiger partial charge in [-0.15, -0.1) is 49.6 Å². The van der Waals surface area contributed by atoms with E-state index in [0.29, 0.717) is 0 Å². The summed E-state index contributed by atoms with van der Waals surface area (Å²) in [4.78, 5) is 4.18. The molecule has 1 aromatic carbocycles. The summed E-state index contributed by atoms with van der Waals surface area (Å²) in [7, 11) is 0. The van der Waals surface area contributed by atoms with E-state index >= 15 is 0 Å². The quantitative estimate of drug-likeness (QED) is 0.800. The molecule has 0 aliphatic rings. The molecule has 2 nitrogen and oxygen atoms in total. The third-order valence-electron chi connectivity index (χ3n) is 1.51. The molecule has 2 rings (SSSR count). The van der Waals surface area contributed by atoms with E-state index in [4.69, 9.17) is 5.73 Å². The maximum atomic E-state index is 4.85. The fraction of sp³-hybridized carbons (Fsp3) is 0.182. The molecule has 0 atom stereocenters. The normalized spacial score (nSPS) is 6.94. The van der Waals surface area contributed by atoms with Gasteiger partial charge in [0.2, 0.25) is 0 Å². The highest BCUT2D eigenvalue weighted by atomic mass is 35.5. The Kier molecular flexibility index (Phi) is 23.7. The van der Waals surface area contributed by atoms with Crippen molar-refractivity contribution in [2.24, 2.45) is 5.73 Å². The van der Waals surface area contributed by atoms with Crippen LogP contribution in [-0.2, 0) is 0 Å². The standard InChI is InChI=1S/C9H7N.C2H7N.4ClH/c1-2-6-9-8(4-1)5-3-7-10-9;1-2-3;;;;/h1-7H;2-3H2,1H3;4*1H. The Morgan fingerprint density at radius 1 is 0.941 bits per heavy atom. The van der Waals surface area contributed by atoms with Gasteiger partial charge in [-0.3, -0.25) is 4.98 Å². The molecule has 2 aromatic rings. The minimum Gasteiger partial charge on any atom is -0.331 e. The third-order valence-corrected chi connectivity index (χ3v) is 1.51. The lowest BCUT2D eigenvalue weighted by molar-refractivity contribution is 1.14. The van der Waals surface area contributed by atoms with E-state index in [1.54, 1.807) is 0 Å². The summed E-state index contributed by atoms with van der Waals surface area (Å²) < 4.78 is 0. The average Bonchev–Trinajstić information content (AvgIpc) is 2.19. The first-order valence-corrected chi connectivity index (χ1v) is 4.38. The Hall–Kier alpha value is -0.250. The fourth-order valence-corrected chi connectivity index (χ4v) is 1.02. The van der Waals surface area contributed by atoms with E-state index in [1.807, 2.05) is 37.4 Å². The van der Waals surface area contributed by atoms with Crippen molar-refractivity contribution in [1.29, 1.82) is 0 Å². The summed E-state index contributed by atoms with van der Waals surface area (Å²) >= 11 is 0. The molecule has 0 spiro atoms. The van der Waals surface area contributed by atoms with Crippen molar-refractivity contribution >= 4 is 60.5 Å². The second kappa shape index (κ2) is 15.8. The van der Waals surface area contributed by atoms with Crippen LogP contribution in [0.3, 0.4) is 0 Å². The molecule has 100 valence electrons. The predicted octanol–water partition coefficient (Wildman–Crippen LogP) is 3.89. The maximum absolute atomic E-state index is 4.85. The van der Waals surface area contributed by atoms with Gasteiger partial charge >= 0.3 is 0 Å². The first-order valence-electron chi connectivity index (χ1n) is 4.38. The Labute approximate surface area is 127 Å². The highest BCUT2D eigenvalue weighted by Gasteiger charge is 1.86. The van der Waals surface area contributed by atoms with Crippen LogP contribution in [0.5, 0.6) is 0 Å². The Morgan fingerprint density at radius 2 is 1.41 bits per heavy atom. The van der Waals surface area contributed by atoms with Crippen molar-refractivity contribution in [2.75, 3.05) is 6.54 Å². The highest BCUT2D eigenvalue weighted by Crippen LogP contribution is 2.07. The van der Waals surface area contributed by atoms with Gasteiger partial charge in [-0.2, -0.15) is 0 Å². The van der Waals surface area contributed by atoms with Gasteiger partial charge < -0.3 is 5.73 Å². The van der Waals surface area contributed by atoms with Crippen molar-refractivity contribution in [3.63, 3.8) is 0 Å². The van der Waals surface area contributed by atoms with Gasteiger partial charge in [0.25, 0.3) is 0 Å². The van der Waals surface area contributed by atoms with Gasteiger partial charge in [-0.1, -0.05) is 31.2 Å². The van der Waals surface area contributed by atoms with Gasteiger partial charge in [0.1, 0.15) is 0 Å². The summed E-state index contributed by atoms with van der Waals surface area (Å²) in [6.07, 6.45) is 1.81. The van der Waals surface area contributed by atoms with Crippen molar-refractivity contribution in [3.8, 4) is 0 Å². The number of aromatic nitrogens is 1. The van der Waals surface area contributed by atoms with Gasteiger partial charge in [0.15, 0.2) is 0 Å². The molecule has 1 heterocycles. The van der Waals surface area contributed by atoms with Crippen LogP contribution in [0.25, 0.3) is 10.9 Å². The minimum absolute atomic E-state index is 0. The molecule has 0 aliphatic carbocycles. The topological polar surface area (TPSA) is 38.9 Å². The number of fused-ring (bicyclic) bond motifs is 1. The average molecular weight is 320 g/mol. The van der Waals surface area contributed by atoms with Gasteiger partial charge in [-0.05, 0) is 18.7 Å². The molecule has 0 fully saturated rings. The molecule has 17 heavy (non-hydrogen) atoms. The monoisotopic (exact) mass is 318 g/mol. The van der Waals surface area contributed by atoms with Crippen LogP contribution < -0.4 is 5.73 Å². The predicted molar refractivity (Wildman–Crippen MR) is 85.5 cm³/mol. The molecule has 0 saturated carbocycles. The number of hydrogen-bond donors (Lipinski definition) is 1. The number of nitrogens with two attached hydrogens (primary N) is 1. The van der Waals surface area contributed by atoms with E-state index in [2.05, 4.69) is 17.1 Å². The molecule has 1 aromatic heterocycles. The zero-order valence-electron chi connectivity index (χ0n) is 9.41. The minimum atomic E-state index is 0. The first kappa shape index (κ1) is 25.6. The van der Waals surface area contributed by atoms with Crippen molar-refractivity contribution in [1.82, 2.24) is 4.98 Å². The number of para-hydroxylation sites is 1. The number of hydrogen-bond acceptors (Lipinski definition) is 2. The zero-order chi connectivity index (χ0) is 9.52. The second-order valence-corrected chi connectivity index (χ2v) is 2.60. The zero-order valence-corrected chi connectivity index (χ0v) is 12.7. The van der Waals surface area contributed by atoms with Crippen LogP contribution >= 0.6 is 49.6 Å². The number of rotatable bonds is 0. The smallest absolute Gasteiger partial charge is 0.0701 e. The molecule has 0 amide bonds. The largest absolute Gasteiger partial charge is 0.331 e. The van der Waals surface area contributed by atoms with Crippen LogP contribution in [0.4, 0.5) is 0 Å².